The Labute approximate surface area is 120 Å². The van der Waals surface area contributed by atoms with E-state index in [4.69, 9.17) is 0 Å². The van der Waals surface area contributed by atoms with E-state index < -0.39 is 0 Å². The first-order chi connectivity index (χ1) is 9.65. The lowest BCUT2D eigenvalue weighted by molar-refractivity contribution is 0.404. The summed E-state index contributed by atoms with van der Waals surface area (Å²) in [6, 6.07) is 17.2. The van der Waals surface area contributed by atoms with Crippen molar-refractivity contribution in [2.24, 2.45) is 0 Å². The van der Waals surface area contributed by atoms with Gasteiger partial charge < -0.3 is 9.88 Å². The van der Waals surface area contributed by atoms with Crippen LogP contribution in [0.3, 0.4) is 0 Å². The number of hydrogen-bond acceptors (Lipinski definition) is 1. The lowest BCUT2D eigenvalue weighted by atomic mass is 10.0. The van der Waals surface area contributed by atoms with Crippen LogP contribution >= 0.6 is 0 Å². The number of fused-ring (bicyclic) bond motifs is 1. The van der Waals surface area contributed by atoms with E-state index >= 15 is 0 Å². The van der Waals surface area contributed by atoms with Crippen molar-refractivity contribution in [3.63, 3.8) is 0 Å². The van der Waals surface area contributed by atoms with Gasteiger partial charge in [-0.25, -0.2) is 0 Å². The number of benzene rings is 2. The molecule has 0 aliphatic carbocycles. The highest BCUT2D eigenvalue weighted by Gasteiger charge is 2.13. The van der Waals surface area contributed by atoms with Crippen LogP contribution in [0.1, 0.15) is 11.1 Å². The number of nitrogens with one attached hydrogen (secondary N) is 1. The van der Waals surface area contributed by atoms with E-state index in [1.54, 1.807) is 0 Å². The number of nitrogens with zero attached hydrogens (tertiary/aromatic N) is 1. The summed E-state index contributed by atoms with van der Waals surface area (Å²) in [7, 11) is 4.22. The van der Waals surface area contributed by atoms with Gasteiger partial charge >= 0.3 is 0 Å². The van der Waals surface area contributed by atoms with Crippen molar-refractivity contribution in [2.45, 2.75) is 13.5 Å². The molecule has 0 saturated carbocycles. The van der Waals surface area contributed by atoms with E-state index in [2.05, 4.69) is 79.4 Å². The highest BCUT2D eigenvalue weighted by molar-refractivity contribution is 5.90. The molecule has 0 unspecified atom stereocenters. The molecule has 3 rings (SSSR count). The molecule has 0 aliphatic heterocycles. The van der Waals surface area contributed by atoms with Crippen molar-refractivity contribution in [2.75, 3.05) is 14.1 Å². The second-order valence-corrected chi connectivity index (χ2v) is 5.63. The molecule has 0 spiro atoms. The third-order valence-corrected chi connectivity index (χ3v) is 3.63. The van der Waals surface area contributed by atoms with Crippen LogP contribution in [0.2, 0.25) is 0 Å². The SMILES string of the molecule is Cc1ccc(-c2[nH]c3ccccc3c2CN(C)C)cc1. The average Bonchev–Trinajstić information content (AvgIpc) is 2.78. The summed E-state index contributed by atoms with van der Waals surface area (Å²) >= 11 is 0. The van der Waals surface area contributed by atoms with Crippen LogP contribution in [0.5, 0.6) is 0 Å². The van der Waals surface area contributed by atoms with Crippen molar-refractivity contribution < 1.29 is 0 Å². The fraction of sp³-hybridized carbons (Fsp3) is 0.222. The number of aromatic amines is 1. The van der Waals surface area contributed by atoms with Gasteiger partial charge in [-0.3, -0.25) is 0 Å². The average molecular weight is 264 g/mol. The summed E-state index contributed by atoms with van der Waals surface area (Å²) in [5.41, 5.74) is 6.36. The first-order valence-electron chi connectivity index (χ1n) is 6.96. The summed E-state index contributed by atoms with van der Waals surface area (Å²) in [5, 5.41) is 1.32. The molecule has 1 N–H and O–H groups in total. The third kappa shape index (κ3) is 2.35. The normalized spacial score (nSPS) is 11.4. The molecule has 2 nitrogen and oxygen atoms in total. The van der Waals surface area contributed by atoms with Gasteiger partial charge in [0.05, 0.1) is 5.69 Å². The predicted octanol–water partition coefficient (Wildman–Crippen LogP) is 4.20. The second kappa shape index (κ2) is 5.14. The molecule has 20 heavy (non-hydrogen) atoms. The van der Waals surface area contributed by atoms with Gasteiger partial charge in [-0.1, -0.05) is 48.0 Å². The summed E-state index contributed by atoms with van der Waals surface area (Å²) < 4.78 is 0. The standard InChI is InChI=1S/C18H20N2/c1-13-8-10-14(11-9-13)18-16(12-20(2)3)15-6-4-5-7-17(15)19-18/h4-11,19H,12H2,1-3H3. The molecule has 3 aromatic rings. The number of aromatic nitrogens is 1. The molecule has 0 amide bonds. The van der Waals surface area contributed by atoms with E-state index in [1.807, 2.05) is 0 Å². The number of para-hydroxylation sites is 1. The zero-order chi connectivity index (χ0) is 14.1. The monoisotopic (exact) mass is 264 g/mol. The highest BCUT2D eigenvalue weighted by Crippen LogP contribution is 2.31. The molecule has 0 radical (unpaired) electrons. The zero-order valence-electron chi connectivity index (χ0n) is 12.3. The molecule has 102 valence electrons. The van der Waals surface area contributed by atoms with Gasteiger partial charge in [0.2, 0.25) is 0 Å². The molecule has 0 fully saturated rings. The van der Waals surface area contributed by atoms with Gasteiger partial charge in [0.1, 0.15) is 0 Å². The van der Waals surface area contributed by atoms with Crippen LogP contribution in [0.15, 0.2) is 48.5 Å². The maximum atomic E-state index is 3.58. The molecule has 0 atom stereocenters. The quantitative estimate of drug-likeness (QED) is 0.751. The lowest BCUT2D eigenvalue weighted by Crippen LogP contribution is -2.11. The Morgan fingerprint density at radius 1 is 0.950 bits per heavy atom. The summed E-state index contributed by atoms with van der Waals surface area (Å²) in [6.45, 7) is 3.06. The van der Waals surface area contributed by atoms with E-state index in [1.165, 1.54) is 33.3 Å². The van der Waals surface area contributed by atoms with Gasteiger partial charge in [0.15, 0.2) is 0 Å². The minimum Gasteiger partial charge on any atom is -0.354 e. The molecular weight excluding hydrogens is 244 g/mol. The molecule has 0 aliphatic rings. The summed E-state index contributed by atoms with van der Waals surface area (Å²) in [4.78, 5) is 5.79. The second-order valence-electron chi connectivity index (χ2n) is 5.63. The third-order valence-electron chi connectivity index (χ3n) is 3.63. The van der Waals surface area contributed by atoms with E-state index in [9.17, 15) is 0 Å². The fourth-order valence-electron chi connectivity index (χ4n) is 2.65. The van der Waals surface area contributed by atoms with Crippen LogP contribution in [0.25, 0.3) is 22.2 Å². The minimum atomic E-state index is 0.938. The van der Waals surface area contributed by atoms with E-state index in [-0.39, 0.29) is 0 Å². The van der Waals surface area contributed by atoms with Crippen LogP contribution < -0.4 is 0 Å². The summed E-state index contributed by atoms with van der Waals surface area (Å²) in [6.07, 6.45) is 0. The smallest absolute Gasteiger partial charge is 0.0510 e. The van der Waals surface area contributed by atoms with Crippen molar-refractivity contribution in [1.82, 2.24) is 9.88 Å². The van der Waals surface area contributed by atoms with Gasteiger partial charge in [-0.2, -0.15) is 0 Å². The first kappa shape index (κ1) is 12.9. The van der Waals surface area contributed by atoms with Crippen LogP contribution in [0.4, 0.5) is 0 Å². The van der Waals surface area contributed by atoms with Gasteiger partial charge in [-0.05, 0) is 38.2 Å². The molecule has 2 heteroatoms. The minimum absolute atomic E-state index is 0.938. The molecule has 1 heterocycles. The van der Waals surface area contributed by atoms with E-state index in [0.29, 0.717) is 0 Å². The van der Waals surface area contributed by atoms with Crippen molar-refractivity contribution in [3.05, 3.63) is 59.7 Å². The maximum absolute atomic E-state index is 3.58. The Hall–Kier alpha value is -2.06. The van der Waals surface area contributed by atoms with Crippen molar-refractivity contribution in [1.29, 1.82) is 0 Å². The summed E-state index contributed by atoms with van der Waals surface area (Å²) in [5.74, 6) is 0. The van der Waals surface area contributed by atoms with Crippen molar-refractivity contribution in [3.8, 4) is 11.3 Å². The molecule has 2 aromatic carbocycles. The Morgan fingerprint density at radius 3 is 2.35 bits per heavy atom. The number of rotatable bonds is 3. The number of H-pyrrole nitrogens is 1. The first-order valence-corrected chi connectivity index (χ1v) is 6.96. The number of aryl methyl sites for hydroxylation is 1. The maximum Gasteiger partial charge on any atom is 0.0510 e. The van der Waals surface area contributed by atoms with Gasteiger partial charge in [0.25, 0.3) is 0 Å². The largest absolute Gasteiger partial charge is 0.354 e. The molecule has 1 aromatic heterocycles. The van der Waals surface area contributed by atoms with Gasteiger partial charge in [-0.15, -0.1) is 0 Å². The Morgan fingerprint density at radius 2 is 1.65 bits per heavy atom. The fourth-order valence-corrected chi connectivity index (χ4v) is 2.65. The zero-order valence-corrected chi connectivity index (χ0v) is 12.3. The van der Waals surface area contributed by atoms with Gasteiger partial charge in [0, 0.05) is 17.4 Å². The van der Waals surface area contributed by atoms with Crippen molar-refractivity contribution >= 4 is 10.9 Å². The molecular formula is C18H20N2. The Kier molecular flexibility index (Phi) is 3.33. The van der Waals surface area contributed by atoms with Crippen LogP contribution in [-0.4, -0.2) is 24.0 Å². The molecule has 0 bridgehead atoms. The topological polar surface area (TPSA) is 19.0 Å². The molecule has 0 saturated heterocycles. The Balaban J connectivity index is 2.20. The van der Waals surface area contributed by atoms with E-state index in [0.717, 1.165) is 6.54 Å². The predicted molar refractivity (Wildman–Crippen MR) is 85.9 cm³/mol. The highest BCUT2D eigenvalue weighted by atomic mass is 15.1. The van der Waals surface area contributed by atoms with Crippen LogP contribution in [-0.2, 0) is 6.54 Å². The number of hydrogen-bond donors (Lipinski definition) is 1. The van der Waals surface area contributed by atoms with Crippen LogP contribution in [0, 0.1) is 6.92 Å². The lowest BCUT2D eigenvalue weighted by Gasteiger charge is -2.11. The Bertz CT molecular complexity index is 721.